The van der Waals surface area contributed by atoms with Crippen molar-refractivity contribution >= 4 is 5.71 Å². The van der Waals surface area contributed by atoms with Crippen LogP contribution in [0.5, 0.6) is 0 Å². The monoisotopic (exact) mass is 191 g/mol. The smallest absolute Gasteiger partial charge is 0.123 e. The van der Waals surface area contributed by atoms with Crippen molar-refractivity contribution in [3.05, 3.63) is 35.6 Å². The Morgan fingerprint density at radius 2 is 2.00 bits per heavy atom. The van der Waals surface area contributed by atoms with Crippen LogP contribution in [0.4, 0.5) is 4.39 Å². The largest absolute Gasteiger partial charge is 0.286 e. The molecule has 0 spiro atoms. The summed E-state index contributed by atoms with van der Waals surface area (Å²) in [5, 5.41) is 0. The minimum Gasteiger partial charge on any atom is -0.286 e. The predicted octanol–water partition coefficient (Wildman–Crippen LogP) is 3.51. The number of benzene rings is 1. The Kier molecular flexibility index (Phi) is 2.62. The van der Waals surface area contributed by atoms with E-state index in [9.17, 15) is 4.39 Å². The molecule has 1 aliphatic heterocycles. The predicted molar refractivity (Wildman–Crippen MR) is 56.1 cm³/mol. The van der Waals surface area contributed by atoms with Gasteiger partial charge in [-0.25, -0.2) is 4.39 Å². The van der Waals surface area contributed by atoms with Gasteiger partial charge in [-0.15, -0.1) is 0 Å². The molecule has 0 amide bonds. The van der Waals surface area contributed by atoms with E-state index in [0.717, 1.165) is 18.4 Å². The normalized spacial score (nSPS) is 21.9. The molecule has 0 aliphatic carbocycles. The first-order chi connectivity index (χ1) is 6.75. The Morgan fingerprint density at radius 1 is 1.29 bits per heavy atom. The molecule has 1 heterocycles. The lowest BCUT2D eigenvalue weighted by Crippen LogP contribution is -2.07. The Morgan fingerprint density at radius 3 is 2.64 bits per heavy atom. The Labute approximate surface area is 83.7 Å². The van der Waals surface area contributed by atoms with Crippen molar-refractivity contribution in [1.82, 2.24) is 0 Å². The topological polar surface area (TPSA) is 12.4 Å². The van der Waals surface area contributed by atoms with E-state index in [-0.39, 0.29) is 11.9 Å². The van der Waals surface area contributed by atoms with Gasteiger partial charge < -0.3 is 0 Å². The van der Waals surface area contributed by atoms with E-state index in [2.05, 4.69) is 11.9 Å². The van der Waals surface area contributed by atoms with E-state index < -0.39 is 0 Å². The van der Waals surface area contributed by atoms with E-state index in [0.29, 0.717) is 0 Å². The fourth-order valence-electron chi connectivity index (χ4n) is 1.87. The zero-order valence-electron chi connectivity index (χ0n) is 8.33. The van der Waals surface area contributed by atoms with Gasteiger partial charge in [0.1, 0.15) is 5.82 Å². The van der Waals surface area contributed by atoms with Crippen LogP contribution < -0.4 is 0 Å². The van der Waals surface area contributed by atoms with Crippen molar-refractivity contribution in [1.29, 1.82) is 0 Å². The zero-order chi connectivity index (χ0) is 9.97. The summed E-state index contributed by atoms with van der Waals surface area (Å²) in [4.78, 5) is 4.58. The van der Waals surface area contributed by atoms with Gasteiger partial charge in [0.15, 0.2) is 0 Å². The maximum atomic E-state index is 12.7. The molecule has 2 heteroatoms. The van der Waals surface area contributed by atoms with E-state index in [4.69, 9.17) is 0 Å². The molecule has 0 fully saturated rings. The Bertz CT molecular complexity index is 340. The molecule has 0 saturated heterocycles. The standard InChI is InChI=1S/C12H14FN/c1-9-3-2-4-12(14-9)10-5-7-11(13)8-6-10/h5-8,12H,2-4H2,1H3. The summed E-state index contributed by atoms with van der Waals surface area (Å²) >= 11 is 0. The van der Waals surface area contributed by atoms with Crippen LogP contribution in [0.2, 0.25) is 0 Å². The first kappa shape index (κ1) is 9.38. The van der Waals surface area contributed by atoms with Gasteiger partial charge in [0.25, 0.3) is 0 Å². The lowest BCUT2D eigenvalue weighted by Gasteiger charge is -2.18. The number of rotatable bonds is 1. The summed E-state index contributed by atoms with van der Waals surface area (Å²) in [5.74, 6) is -0.176. The van der Waals surface area contributed by atoms with Crippen LogP contribution in [0.25, 0.3) is 0 Å². The van der Waals surface area contributed by atoms with Crippen LogP contribution in [0.1, 0.15) is 37.8 Å². The van der Waals surface area contributed by atoms with Gasteiger partial charge in [0.05, 0.1) is 6.04 Å². The number of halogens is 1. The van der Waals surface area contributed by atoms with Gasteiger partial charge in [-0.3, -0.25) is 4.99 Å². The van der Waals surface area contributed by atoms with Crippen molar-refractivity contribution in [2.75, 3.05) is 0 Å². The second-order valence-electron chi connectivity index (χ2n) is 3.82. The summed E-state index contributed by atoms with van der Waals surface area (Å²) in [6.07, 6.45) is 3.39. The fraction of sp³-hybridized carbons (Fsp3) is 0.417. The minimum absolute atomic E-state index is 0.176. The summed E-state index contributed by atoms with van der Waals surface area (Å²) in [6.45, 7) is 2.07. The lowest BCUT2D eigenvalue weighted by atomic mass is 9.97. The molecule has 0 aromatic heterocycles. The first-order valence-electron chi connectivity index (χ1n) is 5.04. The lowest BCUT2D eigenvalue weighted by molar-refractivity contribution is 0.590. The molecule has 0 radical (unpaired) electrons. The van der Waals surface area contributed by atoms with Gasteiger partial charge in [-0.1, -0.05) is 12.1 Å². The molecule has 1 atom stereocenters. The highest BCUT2D eigenvalue weighted by Gasteiger charge is 2.14. The number of hydrogen-bond donors (Lipinski definition) is 0. The Balaban J connectivity index is 2.22. The molecule has 1 unspecified atom stereocenters. The van der Waals surface area contributed by atoms with Crippen molar-refractivity contribution in [3.63, 3.8) is 0 Å². The molecule has 1 nitrogen and oxygen atoms in total. The molecule has 0 bridgehead atoms. The van der Waals surface area contributed by atoms with Crippen LogP contribution in [0.15, 0.2) is 29.3 Å². The summed E-state index contributed by atoms with van der Waals surface area (Å²) < 4.78 is 12.7. The number of hydrogen-bond acceptors (Lipinski definition) is 1. The Hall–Kier alpha value is -1.18. The highest BCUT2D eigenvalue weighted by Crippen LogP contribution is 2.27. The van der Waals surface area contributed by atoms with Gasteiger partial charge in [0.2, 0.25) is 0 Å². The van der Waals surface area contributed by atoms with E-state index >= 15 is 0 Å². The van der Waals surface area contributed by atoms with Gasteiger partial charge in [-0.05, 0) is 43.9 Å². The van der Waals surface area contributed by atoms with Crippen molar-refractivity contribution in [2.24, 2.45) is 4.99 Å². The molecule has 0 saturated carbocycles. The molecule has 2 rings (SSSR count). The average molecular weight is 191 g/mol. The minimum atomic E-state index is -0.176. The second-order valence-corrected chi connectivity index (χ2v) is 3.82. The second kappa shape index (κ2) is 3.91. The molecular weight excluding hydrogens is 177 g/mol. The summed E-state index contributed by atoms with van der Waals surface area (Å²) in [5.41, 5.74) is 2.34. The zero-order valence-corrected chi connectivity index (χ0v) is 8.33. The van der Waals surface area contributed by atoms with Crippen LogP contribution in [-0.2, 0) is 0 Å². The van der Waals surface area contributed by atoms with Gasteiger partial charge in [0, 0.05) is 5.71 Å². The molecule has 74 valence electrons. The molecule has 1 aliphatic rings. The molecule has 14 heavy (non-hydrogen) atoms. The maximum absolute atomic E-state index is 12.7. The third kappa shape index (κ3) is 2.00. The highest BCUT2D eigenvalue weighted by atomic mass is 19.1. The number of aliphatic imine (C=N–C) groups is 1. The quantitative estimate of drug-likeness (QED) is 0.644. The average Bonchev–Trinajstić information content (AvgIpc) is 2.19. The first-order valence-corrected chi connectivity index (χ1v) is 5.04. The van der Waals surface area contributed by atoms with Crippen LogP contribution >= 0.6 is 0 Å². The van der Waals surface area contributed by atoms with Crippen molar-refractivity contribution in [2.45, 2.75) is 32.2 Å². The summed E-state index contributed by atoms with van der Waals surface area (Å²) in [6, 6.07) is 6.94. The van der Waals surface area contributed by atoms with Gasteiger partial charge in [-0.2, -0.15) is 0 Å². The van der Waals surface area contributed by atoms with E-state index in [1.54, 1.807) is 0 Å². The number of nitrogens with zero attached hydrogens (tertiary/aromatic N) is 1. The summed E-state index contributed by atoms with van der Waals surface area (Å²) in [7, 11) is 0. The van der Waals surface area contributed by atoms with Crippen LogP contribution in [0, 0.1) is 5.82 Å². The van der Waals surface area contributed by atoms with Crippen LogP contribution in [0.3, 0.4) is 0 Å². The van der Waals surface area contributed by atoms with Crippen molar-refractivity contribution in [3.8, 4) is 0 Å². The molecule has 0 N–H and O–H groups in total. The third-order valence-corrected chi connectivity index (χ3v) is 2.65. The maximum Gasteiger partial charge on any atom is 0.123 e. The third-order valence-electron chi connectivity index (χ3n) is 2.65. The highest BCUT2D eigenvalue weighted by molar-refractivity contribution is 5.82. The molecule has 1 aromatic rings. The van der Waals surface area contributed by atoms with Crippen molar-refractivity contribution < 1.29 is 4.39 Å². The molecule has 1 aromatic carbocycles. The van der Waals surface area contributed by atoms with E-state index in [1.165, 1.54) is 24.3 Å². The van der Waals surface area contributed by atoms with Gasteiger partial charge >= 0.3 is 0 Å². The van der Waals surface area contributed by atoms with E-state index in [1.807, 2.05) is 12.1 Å². The molecular formula is C12H14FN. The SMILES string of the molecule is CC1=NC(c2ccc(F)cc2)CCC1. The fourth-order valence-corrected chi connectivity index (χ4v) is 1.87. The van der Waals surface area contributed by atoms with Crippen LogP contribution in [-0.4, -0.2) is 5.71 Å².